The van der Waals surface area contributed by atoms with Gasteiger partial charge in [-0.1, -0.05) is 11.6 Å². The maximum absolute atomic E-state index is 5.70. The normalized spacial score (nSPS) is 17.9. The largest absolute Gasteiger partial charge is 0.315 e. The molecule has 0 aliphatic carbocycles. The number of halogens is 1. The van der Waals surface area contributed by atoms with Gasteiger partial charge in [0.1, 0.15) is 11.5 Å². The van der Waals surface area contributed by atoms with Gasteiger partial charge in [-0.15, -0.1) is 0 Å². The van der Waals surface area contributed by atoms with Crippen LogP contribution in [-0.4, -0.2) is 23.1 Å². The Hall–Kier alpha value is -0.670. The first-order valence-corrected chi connectivity index (χ1v) is 3.92. The van der Waals surface area contributed by atoms with Crippen molar-refractivity contribution in [2.75, 3.05) is 13.1 Å². The lowest BCUT2D eigenvalue weighted by Crippen LogP contribution is -2.40. The lowest BCUT2D eigenvalue weighted by molar-refractivity contribution is 0.439. The Bertz CT molecular complexity index is 260. The molecule has 2 rings (SSSR count). The average Bonchev–Trinajstić information content (AvgIpc) is 1.83. The van der Waals surface area contributed by atoms with Crippen LogP contribution in [0, 0.1) is 0 Å². The first-order valence-electron chi connectivity index (χ1n) is 3.54. The van der Waals surface area contributed by atoms with Crippen molar-refractivity contribution in [3.63, 3.8) is 0 Å². The fraction of sp³-hybridized carbons (Fsp3) is 0.429. The molecule has 3 nitrogen and oxygen atoms in total. The van der Waals surface area contributed by atoms with Gasteiger partial charge in [0, 0.05) is 19.0 Å². The van der Waals surface area contributed by atoms with E-state index in [1.165, 1.54) is 6.33 Å². The predicted octanol–water partition coefficient (Wildman–Crippen LogP) is 0.817. The summed E-state index contributed by atoms with van der Waals surface area (Å²) in [5.41, 5.74) is 1.05. The second-order valence-electron chi connectivity index (χ2n) is 2.62. The van der Waals surface area contributed by atoms with E-state index < -0.39 is 0 Å². The highest BCUT2D eigenvalue weighted by atomic mass is 35.5. The van der Waals surface area contributed by atoms with Crippen LogP contribution in [0.4, 0.5) is 0 Å². The van der Waals surface area contributed by atoms with Crippen molar-refractivity contribution < 1.29 is 0 Å². The minimum Gasteiger partial charge on any atom is -0.315 e. The summed E-state index contributed by atoms with van der Waals surface area (Å²) in [4.78, 5) is 7.94. The molecule has 2 heterocycles. The standard InChI is InChI=1S/C7H8ClN3/c8-7-1-6(10-4-11-7)5-2-9-3-5/h1,4-5,9H,2-3H2. The predicted molar refractivity (Wildman–Crippen MR) is 42.7 cm³/mol. The van der Waals surface area contributed by atoms with E-state index in [2.05, 4.69) is 15.3 Å². The van der Waals surface area contributed by atoms with E-state index in [-0.39, 0.29) is 0 Å². The maximum atomic E-state index is 5.70. The highest BCUT2D eigenvalue weighted by Gasteiger charge is 2.20. The Morgan fingerprint density at radius 3 is 2.82 bits per heavy atom. The van der Waals surface area contributed by atoms with Crippen molar-refractivity contribution in [3.05, 3.63) is 23.2 Å². The topological polar surface area (TPSA) is 37.8 Å². The smallest absolute Gasteiger partial charge is 0.132 e. The van der Waals surface area contributed by atoms with Crippen LogP contribution in [-0.2, 0) is 0 Å². The van der Waals surface area contributed by atoms with Crippen LogP contribution >= 0.6 is 11.6 Å². The Balaban J connectivity index is 2.23. The van der Waals surface area contributed by atoms with E-state index in [4.69, 9.17) is 11.6 Å². The molecule has 0 unspecified atom stereocenters. The van der Waals surface area contributed by atoms with E-state index in [0.717, 1.165) is 18.8 Å². The summed E-state index contributed by atoms with van der Waals surface area (Å²) in [5.74, 6) is 0.537. The van der Waals surface area contributed by atoms with Gasteiger partial charge in [0.05, 0.1) is 5.69 Å². The SMILES string of the molecule is Clc1cc(C2CNC2)ncn1. The second kappa shape index (κ2) is 2.75. The molecule has 0 atom stereocenters. The van der Waals surface area contributed by atoms with Crippen molar-refractivity contribution >= 4 is 11.6 Å². The molecule has 1 aliphatic heterocycles. The number of hydrogen-bond donors (Lipinski definition) is 1. The Kier molecular flexibility index (Phi) is 1.75. The summed E-state index contributed by atoms with van der Waals surface area (Å²) in [6.45, 7) is 2.01. The second-order valence-corrected chi connectivity index (χ2v) is 3.01. The molecule has 58 valence electrons. The first kappa shape index (κ1) is 7.00. The molecule has 1 saturated heterocycles. The Labute approximate surface area is 69.8 Å². The summed E-state index contributed by atoms with van der Waals surface area (Å²) >= 11 is 5.70. The van der Waals surface area contributed by atoms with Crippen molar-refractivity contribution in [2.45, 2.75) is 5.92 Å². The third-order valence-electron chi connectivity index (χ3n) is 1.85. The number of aromatic nitrogens is 2. The summed E-state index contributed by atoms with van der Waals surface area (Å²) in [7, 11) is 0. The van der Waals surface area contributed by atoms with Crippen molar-refractivity contribution in [3.8, 4) is 0 Å². The van der Waals surface area contributed by atoms with Crippen LogP contribution in [0.15, 0.2) is 12.4 Å². The summed E-state index contributed by atoms with van der Waals surface area (Å²) in [5, 5.41) is 3.71. The van der Waals surface area contributed by atoms with E-state index in [0.29, 0.717) is 11.1 Å². The van der Waals surface area contributed by atoms with Gasteiger partial charge in [-0.05, 0) is 6.07 Å². The molecule has 1 N–H and O–H groups in total. The molecule has 4 heteroatoms. The molecular formula is C7H8ClN3. The van der Waals surface area contributed by atoms with Gasteiger partial charge in [0.25, 0.3) is 0 Å². The number of rotatable bonds is 1. The Morgan fingerprint density at radius 1 is 1.45 bits per heavy atom. The van der Waals surface area contributed by atoms with Gasteiger partial charge in [-0.3, -0.25) is 0 Å². The highest BCUT2D eigenvalue weighted by molar-refractivity contribution is 6.29. The number of nitrogens with zero attached hydrogens (tertiary/aromatic N) is 2. The van der Waals surface area contributed by atoms with Crippen molar-refractivity contribution in [1.29, 1.82) is 0 Å². The minimum atomic E-state index is 0.530. The third-order valence-corrected chi connectivity index (χ3v) is 2.06. The van der Waals surface area contributed by atoms with Gasteiger partial charge < -0.3 is 5.32 Å². The van der Waals surface area contributed by atoms with Crippen molar-refractivity contribution in [1.82, 2.24) is 15.3 Å². The molecule has 1 aliphatic rings. The van der Waals surface area contributed by atoms with Gasteiger partial charge in [-0.25, -0.2) is 9.97 Å². The third kappa shape index (κ3) is 1.34. The molecule has 0 bridgehead atoms. The van der Waals surface area contributed by atoms with E-state index in [1.807, 2.05) is 6.07 Å². The zero-order valence-corrected chi connectivity index (χ0v) is 6.67. The lowest BCUT2D eigenvalue weighted by atomic mass is 9.99. The minimum absolute atomic E-state index is 0.530. The van der Waals surface area contributed by atoms with Crippen LogP contribution in [0.2, 0.25) is 5.15 Å². The molecule has 0 spiro atoms. The maximum Gasteiger partial charge on any atom is 0.132 e. The summed E-state index contributed by atoms with van der Waals surface area (Å²) in [6, 6.07) is 1.83. The van der Waals surface area contributed by atoms with Crippen molar-refractivity contribution in [2.24, 2.45) is 0 Å². The molecule has 1 aromatic rings. The molecule has 0 saturated carbocycles. The first-order chi connectivity index (χ1) is 5.36. The quantitative estimate of drug-likeness (QED) is 0.633. The zero-order valence-electron chi connectivity index (χ0n) is 5.92. The summed E-state index contributed by atoms with van der Waals surface area (Å²) < 4.78 is 0. The van der Waals surface area contributed by atoms with Gasteiger partial charge in [0.2, 0.25) is 0 Å². The Morgan fingerprint density at radius 2 is 2.27 bits per heavy atom. The van der Waals surface area contributed by atoms with E-state index in [1.54, 1.807) is 0 Å². The summed E-state index contributed by atoms with van der Waals surface area (Å²) in [6.07, 6.45) is 1.51. The molecule has 0 amide bonds. The van der Waals surface area contributed by atoms with Gasteiger partial charge in [-0.2, -0.15) is 0 Å². The molecule has 1 aromatic heterocycles. The van der Waals surface area contributed by atoms with E-state index >= 15 is 0 Å². The molecule has 11 heavy (non-hydrogen) atoms. The van der Waals surface area contributed by atoms with Gasteiger partial charge in [0.15, 0.2) is 0 Å². The van der Waals surface area contributed by atoms with Crippen LogP contribution < -0.4 is 5.32 Å². The monoisotopic (exact) mass is 169 g/mol. The average molecular weight is 170 g/mol. The molecule has 0 radical (unpaired) electrons. The molecule has 1 fully saturated rings. The highest BCUT2D eigenvalue weighted by Crippen LogP contribution is 2.18. The van der Waals surface area contributed by atoms with Crippen LogP contribution in [0.3, 0.4) is 0 Å². The lowest BCUT2D eigenvalue weighted by Gasteiger charge is -2.26. The van der Waals surface area contributed by atoms with Gasteiger partial charge >= 0.3 is 0 Å². The van der Waals surface area contributed by atoms with E-state index in [9.17, 15) is 0 Å². The van der Waals surface area contributed by atoms with Crippen LogP contribution in [0.1, 0.15) is 11.6 Å². The molecule has 0 aromatic carbocycles. The number of hydrogen-bond acceptors (Lipinski definition) is 3. The zero-order chi connectivity index (χ0) is 7.68. The van der Waals surface area contributed by atoms with Crippen LogP contribution in [0.25, 0.3) is 0 Å². The number of nitrogens with one attached hydrogen (secondary N) is 1. The fourth-order valence-corrected chi connectivity index (χ4v) is 1.22. The molecular weight excluding hydrogens is 162 g/mol. The van der Waals surface area contributed by atoms with Crippen LogP contribution in [0.5, 0.6) is 0 Å². The fourth-order valence-electron chi connectivity index (χ4n) is 1.07.